The van der Waals surface area contributed by atoms with E-state index in [4.69, 9.17) is 4.74 Å². The number of hydrogen-bond donors (Lipinski definition) is 1. The molecule has 0 spiro atoms. The Hall–Kier alpha value is -1.54. The summed E-state index contributed by atoms with van der Waals surface area (Å²) in [5.41, 5.74) is 0. The van der Waals surface area contributed by atoms with Crippen LogP contribution in [-0.2, 0) is 14.3 Å². The van der Waals surface area contributed by atoms with Gasteiger partial charge in [-0.2, -0.15) is 0 Å². The molecule has 2 fully saturated rings. The smallest absolute Gasteiger partial charge is 0.407 e. The first-order valence-corrected chi connectivity index (χ1v) is 8.99. The van der Waals surface area contributed by atoms with Gasteiger partial charge in [0.25, 0.3) is 0 Å². The summed E-state index contributed by atoms with van der Waals surface area (Å²) >= 11 is 1.31. The number of rotatable bonds is 5. The van der Waals surface area contributed by atoms with Crippen molar-refractivity contribution in [2.24, 2.45) is 0 Å². The highest BCUT2D eigenvalue weighted by Crippen LogP contribution is 2.28. The molecule has 0 radical (unpaired) electrons. The van der Waals surface area contributed by atoms with Gasteiger partial charge in [-0.1, -0.05) is 24.4 Å². The van der Waals surface area contributed by atoms with E-state index in [0.717, 1.165) is 13.0 Å². The molecule has 7 nitrogen and oxygen atoms in total. The molecular formula is C16H25N3O4S. The molecule has 0 aromatic rings. The van der Waals surface area contributed by atoms with Gasteiger partial charge in [0.2, 0.25) is 5.91 Å². The lowest BCUT2D eigenvalue weighted by atomic mass is 10.2. The molecule has 2 amide bonds. The standard InChI is InChI=1S/C16H25N3O4S/c1-4-7-23-16(22)17-12-5-6-19(9-12)15(21)14-8-13(10-18(14)3)24-11(2)20/h4,12-14H,1,5-10H2,2-3H3,(H,17,22)/t12-,13-,14-/m0/s1. The van der Waals surface area contributed by atoms with E-state index in [1.54, 1.807) is 11.8 Å². The van der Waals surface area contributed by atoms with Crippen LogP contribution < -0.4 is 5.32 Å². The average Bonchev–Trinajstić information content (AvgIpc) is 3.10. The molecule has 2 heterocycles. The van der Waals surface area contributed by atoms with E-state index in [1.165, 1.54) is 17.8 Å². The zero-order valence-electron chi connectivity index (χ0n) is 14.2. The Morgan fingerprint density at radius 1 is 1.38 bits per heavy atom. The Bertz CT molecular complexity index is 514. The lowest BCUT2D eigenvalue weighted by molar-refractivity contribution is -0.134. The van der Waals surface area contributed by atoms with Crippen molar-refractivity contribution in [2.45, 2.75) is 37.1 Å². The highest BCUT2D eigenvalue weighted by atomic mass is 32.2. The Morgan fingerprint density at radius 3 is 2.79 bits per heavy atom. The van der Waals surface area contributed by atoms with Gasteiger partial charge in [0.05, 0.1) is 12.1 Å². The first kappa shape index (κ1) is 18.8. The predicted octanol–water partition coefficient (Wildman–Crippen LogP) is 0.852. The van der Waals surface area contributed by atoms with Gasteiger partial charge < -0.3 is 15.0 Å². The number of ether oxygens (including phenoxy) is 1. The lowest BCUT2D eigenvalue weighted by Crippen LogP contribution is -2.45. The van der Waals surface area contributed by atoms with Crippen LogP contribution in [0.3, 0.4) is 0 Å². The summed E-state index contributed by atoms with van der Waals surface area (Å²) in [6.07, 6.45) is 2.44. The van der Waals surface area contributed by atoms with Crippen molar-refractivity contribution in [1.29, 1.82) is 0 Å². The molecule has 2 saturated heterocycles. The van der Waals surface area contributed by atoms with Crippen molar-refractivity contribution in [3.8, 4) is 0 Å². The molecular weight excluding hydrogens is 330 g/mol. The second-order valence-electron chi connectivity index (χ2n) is 6.22. The molecule has 0 aliphatic carbocycles. The zero-order chi connectivity index (χ0) is 17.7. The van der Waals surface area contributed by atoms with Crippen LogP contribution in [-0.4, -0.2) is 77.5 Å². The topological polar surface area (TPSA) is 79.0 Å². The molecule has 0 aromatic heterocycles. The first-order chi connectivity index (χ1) is 11.4. The molecule has 134 valence electrons. The van der Waals surface area contributed by atoms with Crippen LogP contribution in [0.15, 0.2) is 12.7 Å². The fourth-order valence-corrected chi connectivity index (χ4v) is 4.25. The fraction of sp³-hybridized carbons (Fsp3) is 0.688. The van der Waals surface area contributed by atoms with Crippen molar-refractivity contribution in [3.63, 3.8) is 0 Å². The third kappa shape index (κ3) is 4.98. The maximum Gasteiger partial charge on any atom is 0.407 e. The Kier molecular flexibility index (Phi) is 6.68. The van der Waals surface area contributed by atoms with Crippen LogP contribution in [0.25, 0.3) is 0 Å². The zero-order valence-corrected chi connectivity index (χ0v) is 15.0. The van der Waals surface area contributed by atoms with E-state index < -0.39 is 6.09 Å². The molecule has 3 atom stereocenters. The molecule has 8 heteroatoms. The number of carbonyl (C=O) groups is 3. The number of likely N-dealkylation sites (N-methyl/N-ethyl adjacent to an activating group) is 1. The van der Waals surface area contributed by atoms with Gasteiger partial charge >= 0.3 is 6.09 Å². The minimum atomic E-state index is -0.481. The van der Waals surface area contributed by atoms with Gasteiger partial charge in [0, 0.05) is 31.8 Å². The molecule has 1 N–H and O–H groups in total. The van der Waals surface area contributed by atoms with E-state index in [0.29, 0.717) is 19.5 Å². The van der Waals surface area contributed by atoms with E-state index in [-0.39, 0.29) is 35.0 Å². The van der Waals surface area contributed by atoms with Gasteiger partial charge in [0.1, 0.15) is 6.61 Å². The number of likely N-dealkylation sites (tertiary alicyclic amines) is 2. The summed E-state index contributed by atoms with van der Waals surface area (Å²) in [7, 11) is 1.92. The number of carbonyl (C=O) groups excluding carboxylic acids is 3. The maximum absolute atomic E-state index is 12.7. The molecule has 24 heavy (non-hydrogen) atoms. The Labute approximate surface area is 146 Å². The summed E-state index contributed by atoms with van der Waals surface area (Å²) in [4.78, 5) is 39.3. The summed E-state index contributed by atoms with van der Waals surface area (Å²) in [5.74, 6) is 0.0768. The molecule has 2 aliphatic heterocycles. The quantitative estimate of drug-likeness (QED) is 0.737. The second kappa shape index (κ2) is 8.53. The molecule has 0 unspecified atom stereocenters. The summed E-state index contributed by atoms with van der Waals surface area (Å²) in [6, 6.07) is -0.270. The summed E-state index contributed by atoms with van der Waals surface area (Å²) < 4.78 is 4.90. The molecule has 2 aliphatic rings. The average molecular weight is 355 g/mol. The van der Waals surface area contributed by atoms with Crippen LogP contribution in [0.1, 0.15) is 19.8 Å². The molecule has 0 aromatic carbocycles. The van der Waals surface area contributed by atoms with Gasteiger partial charge in [-0.15, -0.1) is 0 Å². The van der Waals surface area contributed by atoms with Crippen LogP contribution in [0, 0.1) is 0 Å². The van der Waals surface area contributed by atoms with E-state index >= 15 is 0 Å². The van der Waals surface area contributed by atoms with Crippen LogP contribution in [0.4, 0.5) is 4.79 Å². The molecule has 0 saturated carbocycles. The Morgan fingerprint density at radius 2 is 2.12 bits per heavy atom. The SMILES string of the molecule is C=CCOC(=O)N[C@H]1CCN(C(=O)[C@@H]2C[C@H](SC(C)=O)CN2C)C1. The van der Waals surface area contributed by atoms with E-state index in [2.05, 4.69) is 11.9 Å². The number of hydrogen-bond acceptors (Lipinski definition) is 6. The number of nitrogens with zero attached hydrogens (tertiary/aromatic N) is 2. The number of alkyl carbamates (subject to hydrolysis) is 1. The highest BCUT2D eigenvalue weighted by Gasteiger charge is 2.39. The van der Waals surface area contributed by atoms with Crippen molar-refractivity contribution in [1.82, 2.24) is 15.1 Å². The van der Waals surface area contributed by atoms with Crippen molar-refractivity contribution in [3.05, 3.63) is 12.7 Å². The van der Waals surface area contributed by atoms with Crippen LogP contribution in [0.5, 0.6) is 0 Å². The number of thioether (sulfide) groups is 1. The summed E-state index contributed by atoms with van der Waals surface area (Å²) in [5, 5.41) is 3.03. The number of nitrogens with one attached hydrogen (secondary N) is 1. The van der Waals surface area contributed by atoms with E-state index in [9.17, 15) is 14.4 Å². The normalized spacial score (nSPS) is 27.1. The first-order valence-electron chi connectivity index (χ1n) is 8.11. The van der Waals surface area contributed by atoms with Crippen LogP contribution in [0.2, 0.25) is 0 Å². The van der Waals surface area contributed by atoms with E-state index in [1.807, 2.05) is 11.9 Å². The third-order valence-corrected chi connectivity index (χ3v) is 5.29. The number of amides is 2. The van der Waals surface area contributed by atoms with Gasteiger partial charge in [-0.3, -0.25) is 14.5 Å². The summed E-state index contributed by atoms with van der Waals surface area (Å²) in [6.45, 7) is 7.08. The van der Waals surface area contributed by atoms with Gasteiger partial charge in [-0.25, -0.2) is 4.79 Å². The lowest BCUT2D eigenvalue weighted by Gasteiger charge is -2.24. The molecule has 2 rings (SSSR count). The maximum atomic E-state index is 12.7. The molecule has 0 bridgehead atoms. The second-order valence-corrected chi connectivity index (χ2v) is 7.70. The minimum Gasteiger partial charge on any atom is -0.445 e. The fourth-order valence-electron chi connectivity index (χ4n) is 3.19. The van der Waals surface area contributed by atoms with Crippen molar-refractivity contribution in [2.75, 3.05) is 33.3 Å². The van der Waals surface area contributed by atoms with Crippen LogP contribution >= 0.6 is 11.8 Å². The predicted molar refractivity (Wildman–Crippen MR) is 92.8 cm³/mol. The minimum absolute atomic E-state index is 0.0768. The monoisotopic (exact) mass is 355 g/mol. The van der Waals surface area contributed by atoms with Crippen molar-refractivity contribution < 1.29 is 19.1 Å². The highest BCUT2D eigenvalue weighted by molar-refractivity contribution is 8.14. The largest absolute Gasteiger partial charge is 0.445 e. The van der Waals surface area contributed by atoms with Crippen molar-refractivity contribution >= 4 is 28.9 Å². The Balaban J connectivity index is 1.82. The third-order valence-electron chi connectivity index (χ3n) is 4.28. The van der Waals surface area contributed by atoms with Gasteiger partial charge in [-0.05, 0) is 19.9 Å². The van der Waals surface area contributed by atoms with Gasteiger partial charge in [0.15, 0.2) is 5.12 Å².